The van der Waals surface area contributed by atoms with Crippen LogP contribution in [0, 0.1) is 6.92 Å². The molecule has 7 heteroatoms. The van der Waals surface area contributed by atoms with Crippen LogP contribution in [0.5, 0.6) is 5.75 Å². The van der Waals surface area contributed by atoms with Gasteiger partial charge < -0.3 is 15.4 Å². The minimum absolute atomic E-state index is 0. The first-order valence-corrected chi connectivity index (χ1v) is 9.14. The third kappa shape index (κ3) is 8.53. The largest absolute Gasteiger partial charge is 0.489 e. The van der Waals surface area contributed by atoms with Gasteiger partial charge in [-0.25, -0.2) is 9.98 Å². The molecular weight excluding hydrogens is 447 g/mol. The summed E-state index contributed by atoms with van der Waals surface area (Å²) in [4.78, 5) is 10.2. The lowest BCUT2D eigenvalue weighted by Gasteiger charge is -2.15. The summed E-state index contributed by atoms with van der Waals surface area (Å²) in [5, 5.41) is 7.76. The molecule has 1 aromatic carbocycles. The van der Waals surface area contributed by atoms with Gasteiger partial charge in [-0.1, -0.05) is 18.2 Å². The Bertz CT molecular complexity index is 633. The SMILES string of the molecule is CCNC(=NCC(C)Oc1ccccc1)NCCc1ncc(C)s1.I. The van der Waals surface area contributed by atoms with E-state index in [2.05, 4.69) is 34.5 Å². The summed E-state index contributed by atoms with van der Waals surface area (Å²) in [6, 6.07) is 9.83. The van der Waals surface area contributed by atoms with E-state index in [1.165, 1.54) is 4.88 Å². The van der Waals surface area contributed by atoms with Crippen molar-refractivity contribution in [2.75, 3.05) is 19.6 Å². The molecule has 0 saturated heterocycles. The number of rotatable bonds is 8. The van der Waals surface area contributed by atoms with Crippen LogP contribution in [0.1, 0.15) is 23.7 Å². The second kappa shape index (κ2) is 12.1. The molecule has 0 aliphatic rings. The number of hydrogen-bond donors (Lipinski definition) is 2. The Kier molecular flexibility index (Phi) is 10.5. The molecule has 2 rings (SSSR count). The van der Waals surface area contributed by atoms with Crippen molar-refractivity contribution in [3.05, 3.63) is 46.4 Å². The summed E-state index contributed by atoms with van der Waals surface area (Å²) in [7, 11) is 0. The van der Waals surface area contributed by atoms with Crippen LogP contribution in [0.3, 0.4) is 0 Å². The highest BCUT2D eigenvalue weighted by atomic mass is 127. The van der Waals surface area contributed by atoms with Crippen molar-refractivity contribution in [1.29, 1.82) is 0 Å². The summed E-state index contributed by atoms with van der Waals surface area (Å²) in [5.74, 6) is 1.69. The highest BCUT2D eigenvalue weighted by Crippen LogP contribution is 2.11. The molecule has 0 aliphatic heterocycles. The van der Waals surface area contributed by atoms with E-state index in [9.17, 15) is 0 Å². The highest BCUT2D eigenvalue weighted by Gasteiger charge is 2.05. The number of thiazole rings is 1. The zero-order chi connectivity index (χ0) is 17.2. The minimum atomic E-state index is 0. The third-order valence-electron chi connectivity index (χ3n) is 3.23. The minimum Gasteiger partial charge on any atom is -0.489 e. The van der Waals surface area contributed by atoms with Gasteiger partial charge in [0, 0.05) is 30.6 Å². The number of para-hydroxylation sites is 1. The van der Waals surface area contributed by atoms with Crippen molar-refractivity contribution < 1.29 is 4.74 Å². The number of aryl methyl sites for hydroxylation is 1. The zero-order valence-corrected chi connectivity index (χ0v) is 18.1. The number of nitrogens with zero attached hydrogens (tertiary/aromatic N) is 2. The number of benzene rings is 1. The number of nitrogens with one attached hydrogen (secondary N) is 2. The van der Waals surface area contributed by atoms with E-state index >= 15 is 0 Å². The van der Waals surface area contributed by atoms with Gasteiger partial charge in [0.2, 0.25) is 0 Å². The third-order valence-corrected chi connectivity index (χ3v) is 4.20. The van der Waals surface area contributed by atoms with Gasteiger partial charge in [0.1, 0.15) is 11.9 Å². The molecule has 2 aromatic rings. The van der Waals surface area contributed by atoms with Crippen LogP contribution in [0.2, 0.25) is 0 Å². The molecule has 0 bridgehead atoms. The van der Waals surface area contributed by atoms with E-state index in [0.29, 0.717) is 6.54 Å². The zero-order valence-electron chi connectivity index (χ0n) is 15.0. The van der Waals surface area contributed by atoms with E-state index in [1.807, 2.05) is 43.5 Å². The molecule has 138 valence electrons. The molecule has 0 spiro atoms. The Hall–Kier alpha value is -1.35. The van der Waals surface area contributed by atoms with Crippen molar-refractivity contribution in [1.82, 2.24) is 15.6 Å². The maximum absolute atomic E-state index is 5.85. The predicted molar refractivity (Wildman–Crippen MR) is 116 cm³/mol. The molecule has 0 amide bonds. The summed E-state index contributed by atoms with van der Waals surface area (Å²) in [6.07, 6.45) is 2.84. The Morgan fingerprint density at radius 1 is 1.28 bits per heavy atom. The highest BCUT2D eigenvalue weighted by molar-refractivity contribution is 14.0. The number of guanidine groups is 1. The first-order chi connectivity index (χ1) is 11.7. The smallest absolute Gasteiger partial charge is 0.191 e. The van der Waals surface area contributed by atoms with Gasteiger partial charge >= 0.3 is 0 Å². The summed E-state index contributed by atoms with van der Waals surface area (Å²) < 4.78 is 5.85. The maximum atomic E-state index is 5.85. The molecule has 0 fully saturated rings. The number of halogens is 1. The van der Waals surface area contributed by atoms with Crippen molar-refractivity contribution in [2.45, 2.75) is 33.3 Å². The normalized spacial score (nSPS) is 12.2. The lowest BCUT2D eigenvalue weighted by Crippen LogP contribution is -2.39. The Morgan fingerprint density at radius 3 is 2.68 bits per heavy atom. The molecule has 1 unspecified atom stereocenters. The van der Waals surface area contributed by atoms with Crippen molar-refractivity contribution >= 4 is 41.3 Å². The van der Waals surface area contributed by atoms with Gasteiger partial charge in [0.15, 0.2) is 5.96 Å². The topological polar surface area (TPSA) is 58.5 Å². The lowest BCUT2D eigenvalue weighted by atomic mass is 10.3. The van der Waals surface area contributed by atoms with Crippen molar-refractivity contribution in [3.63, 3.8) is 0 Å². The van der Waals surface area contributed by atoms with E-state index in [4.69, 9.17) is 4.74 Å². The fraction of sp³-hybridized carbons (Fsp3) is 0.444. The quantitative estimate of drug-likeness (QED) is 0.349. The molecule has 25 heavy (non-hydrogen) atoms. The lowest BCUT2D eigenvalue weighted by molar-refractivity contribution is 0.230. The van der Waals surface area contributed by atoms with E-state index in [1.54, 1.807) is 11.3 Å². The Balaban J connectivity index is 0.00000312. The molecule has 1 aromatic heterocycles. The molecule has 0 radical (unpaired) electrons. The van der Waals surface area contributed by atoms with Crippen molar-refractivity contribution in [3.8, 4) is 5.75 Å². The Morgan fingerprint density at radius 2 is 2.04 bits per heavy atom. The van der Waals surface area contributed by atoms with Gasteiger partial charge in [0.05, 0.1) is 11.6 Å². The number of ether oxygens (including phenoxy) is 1. The molecule has 5 nitrogen and oxygen atoms in total. The first-order valence-electron chi connectivity index (χ1n) is 8.32. The first kappa shape index (κ1) is 21.7. The second-order valence-corrected chi connectivity index (χ2v) is 6.82. The average Bonchev–Trinajstić information content (AvgIpc) is 2.99. The summed E-state index contributed by atoms with van der Waals surface area (Å²) >= 11 is 1.74. The fourth-order valence-corrected chi connectivity index (χ4v) is 2.92. The van der Waals surface area contributed by atoms with E-state index in [0.717, 1.165) is 36.2 Å². The van der Waals surface area contributed by atoms with Crippen LogP contribution < -0.4 is 15.4 Å². The number of hydrogen-bond acceptors (Lipinski definition) is 4. The maximum Gasteiger partial charge on any atom is 0.191 e. The van der Waals surface area contributed by atoms with Crippen LogP contribution in [0.4, 0.5) is 0 Å². The Labute approximate surface area is 171 Å². The monoisotopic (exact) mass is 474 g/mol. The second-order valence-electron chi connectivity index (χ2n) is 5.50. The molecule has 0 aliphatic carbocycles. The van der Waals surface area contributed by atoms with Crippen molar-refractivity contribution in [2.24, 2.45) is 4.99 Å². The fourth-order valence-electron chi connectivity index (χ4n) is 2.14. The molecule has 1 atom stereocenters. The van der Waals surface area contributed by atoms with Crippen LogP contribution in [0.25, 0.3) is 0 Å². The average molecular weight is 474 g/mol. The van der Waals surface area contributed by atoms with Crippen LogP contribution in [0.15, 0.2) is 41.5 Å². The van der Waals surface area contributed by atoms with Crippen LogP contribution in [-0.4, -0.2) is 36.7 Å². The molecular formula is C18H27IN4OS. The summed E-state index contributed by atoms with van der Waals surface area (Å²) in [6.45, 7) is 8.40. The van der Waals surface area contributed by atoms with Gasteiger partial charge in [0.25, 0.3) is 0 Å². The molecule has 0 saturated carbocycles. The van der Waals surface area contributed by atoms with Gasteiger partial charge in [-0.3, -0.25) is 0 Å². The summed E-state index contributed by atoms with van der Waals surface area (Å²) in [5.41, 5.74) is 0. The predicted octanol–water partition coefficient (Wildman–Crippen LogP) is 3.63. The van der Waals surface area contributed by atoms with Crippen LogP contribution >= 0.6 is 35.3 Å². The van der Waals surface area contributed by atoms with Gasteiger partial charge in [-0.2, -0.15) is 0 Å². The van der Waals surface area contributed by atoms with Gasteiger partial charge in [-0.05, 0) is 32.9 Å². The van der Waals surface area contributed by atoms with Crippen LogP contribution in [-0.2, 0) is 6.42 Å². The van der Waals surface area contributed by atoms with E-state index in [-0.39, 0.29) is 30.1 Å². The van der Waals surface area contributed by atoms with Gasteiger partial charge in [-0.15, -0.1) is 35.3 Å². The number of aromatic nitrogens is 1. The standard InChI is InChI=1S/C18H26N4OS.HI/c1-4-19-18(20-11-10-17-21-13-15(3)24-17)22-12-14(2)23-16-8-6-5-7-9-16;/h5-9,13-14H,4,10-12H2,1-3H3,(H2,19,20,22);1H. The molecule has 1 heterocycles. The number of aliphatic imine (C=N–C) groups is 1. The van der Waals surface area contributed by atoms with E-state index < -0.39 is 0 Å². The molecule has 2 N–H and O–H groups in total.